The van der Waals surface area contributed by atoms with E-state index in [0.29, 0.717) is 5.41 Å². The smallest absolute Gasteiger partial charge is 0.000792 e. The lowest BCUT2D eigenvalue weighted by Crippen LogP contribution is -2.38. The van der Waals surface area contributed by atoms with Crippen molar-refractivity contribution in [1.82, 2.24) is 5.32 Å². The van der Waals surface area contributed by atoms with Gasteiger partial charge < -0.3 is 5.32 Å². The predicted octanol–water partition coefficient (Wildman–Crippen LogP) is 3.06. The van der Waals surface area contributed by atoms with Gasteiger partial charge in [0.25, 0.3) is 0 Å². The summed E-state index contributed by atoms with van der Waals surface area (Å²) in [7, 11) is 0. The van der Waals surface area contributed by atoms with Gasteiger partial charge in [-0.1, -0.05) is 13.8 Å². The van der Waals surface area contributed by atoms with Crippen LogP contribution < -0.4 is 5.32 Å². The minimum Gasteiger partial charge on any atom is -0.316 e. The van der Waals surface area contributed by atoms with E-state index in [-0.39, 0.29) is 1.43 Å². The topological polar surface area (TPSA) is 12.0 Å². The zero-order valence-electron chi connectivity index (χ0n) is 9.10. The molecule has 0 aromatic rings. The van der Waals surface area contributed by atoms with E-state index in [9.17, 15) is 0 Å². The highest BCUT2D eigenvalue weighted by atomic mass is 14.9. The fraction of sp³-hybridized carbons (Fsp3) is 1.00. The van der Waals surface area contributed by atoms with Crippen LogP contribution in [0.5, 0.6) is 0 Å². The van der Waals surface area contributed by atoms with E-state index in [4.69, 9.17) is 0 Å². The molecule has 1 saturated heterocycles. The fourth-order valence-corrected chi connectivity index (χ4v) is 3.24. The molecule has 2 atom stereocenters. The van der Waals surface area contributed by atoms with E-state index in [2.05, 4.69) is 19.2 Å². The second-order valence-corrected chi connectivity index (χ2v) is 5.53. The van der Waals surface area contributed by atoms with E-state index in [1.54, 1.807) is 0 Å². The molecule has 1 aliphatic heterocycles. The standard InChI is InChI=1S/C12H23N.H2/c1-10(2)11-4-6-12(8-11)5-3-7-13-9-12;/h10-11,13H,3-9H2,1-2H3;1H. The molecule has 1 heteroatoms. The SMILES string of the molecule is CC(C)C1CCC2(CCCNC2)C1.[HH]. The van der Waals surface area contributed by atoms with Gasteiger partial charge in [-0.25, -0.2) is 0 Å². The van der Waals surface area contributed by atoms with Gasteiger partial charge in [0, 0.05) is 7.97 Å². The van der Waals surface area contributed by atoms with Gasteiger partial charge in [0.1, 0.15) is 0 Å². The summed E-state index contributed by atoms with van der Waals surface area (Å²) < 4.78 is 0. The molecule has 0 aromatic heterocycles. The van der Waals surface area contributed by atoms with Gasteiger partial charge in [-0.15, -0.1) is 0 Å². The summed E-state index contributed by atoms with van der Waals surface area (Å²) >= 11 is 0. The van der Waals surface area contributed by atoms with Gasteiger partial charge in [0.15, 0.2) is 0 Å². The number of piperidine rings is 1. The van der Waals surface area contributed by atoms with Crippen LogP contribution in [0.1, 0.15) is 47.4 Å². The average Bonchev–Trinajstić information content (AvgIpc) is 2.51. The zero-order chi connectivity index (χ0) is 9.31. The second-order valence-electron chi connectivity index (χ2n) is 5.53. The minimum atomic E-state index is 0. The fourth-order valence-electron chi connectivity index (χ4n) is 3.24. The molecule has 2 fully saturated rings. The Morgan fingerprint density at radius 3 is 2.77 bits per heavy atom. The van der Waals surface area contributed by atoms with E-state index in [1.165, 1.54) is 45.2 Å². The molecule has 78 valence electrons. The summed E-state index contributed by atoms with van der Waals surface area (Å²) in [6.45, 7) is 7.34. The zero-order valence-corrected chi connectivity index (χ0v) is 9.10. The lowest BCUT2D eigenvalue weighted by atomic mass is 9.77. The third kappa shape index (κ3) is 1.90. The highest BCUT2D eigenvalue weighted by molar-refractivity contribution is 4.93. The van der Waals surface area contributed by atoms with Crippen LogP contribution >= 0.6 is 0 Å². The predicted molar refractivity (Wildman–Crippen MR) is 58.8 cm³/mol. The second kappa shape index (κ2) is 3.61. The molecular weight excluding hydrogens is 158 g/mol. The van der Waals surface area contributed by atoms with Gasteiger partial charge in [0.05, 0.1) is 0 Å². The lowest BCUT2D eigenvalue weighted by Gasteiger charge is -2.34. The Kier molecular flexibility index (Phi) is 2.64. The van der Waals surface area contributed by atoms with Crippen LogP contribution in [0.25, 0.3) is 0 Å². The first-order valence-corrected chi connectivity index (χ1v) is 5.93. The van der Waals surface area contributed by atoms with Crippen LogP contribution in [-0.2, 0) is 0 Å². The highest BCUT2D eigenvalue weighted by Crippen LogP contribution is 2.48. The van der Waals surface area contributed by atoms with Crippen molar-refractivity contribution in [2.45, 2.75) is 46.0 Å². The van der Waals surface area contributed by atoms with Crippen molar-refractivity contribution in [3.8, 4) is 0 Å². The third-order valence-electron chi connectivity index (χ3n) is 4.24. The number of nitrogens with one attached hydrogen (secondary N) is 1. The lowest BCUT2D eigenvalue weighted by molar-refractivity contribution is 0.200. The number of hydrogen-bond donors (Lipinski definition) is 1. The molecular formula is C12H25N. The number of hydrogen-bond acceptors (Lipinski definition) is 1. The van der Waals surface area contributed by atoms with Crippen LogP contribution in [0.2, 0.25) is 0 Å². The van der Waals surface area contributed by atoms with Gasteiger partial charge in [-0.2, -0.15) is 0 Å². The summed E-state index contributed by atoms with van der Waals surface area (Å²) in [4.78, 5) is 0. The van der Waals surface area contributed by atoms with Crippen LogP contribution in [0.4, 0.5) is 0 Å². The van der Waals surface area contributed by atoms with E-state index < -0.39 is 0 Å². The van der Waals surface area contributed by atoms with Crippen molar-refractivity contribution >= 4 is 0 Å². The molecule has 13 heavy (non-hydrogen) atoms. The van der Waals surface area contributed by atoms with Crippen LogP contribution in [0.15, 0.2) is 0 Å². The molecule has 0 amide bonds. The van der Waals surface area contributed by atoms with Crippen LogP contribution in [0, 0.1) is 17.3 Å². The first kappa shape index (κ1) is 9.51. The van der Waals surface area contributed by atoms with Gasteiger partial charge in [-0.3, -0.25) is 0 Å². The molecule has 1 N–H and O–H groups in total. The Morgan fingerprint density at radius 1 is 1.38 bits per heavy atom. The van der Waals surface area contributed by atoms with Crippen molar-refractivity contribution in [1.29, 1.82) is 0 Å². The average molecular weight is 183 g/mol. The Labute approximate surface area is 83.8 Å². The van der Waals surface area contributed by atoms with Crippen molar-refractivity contribution < 1.29 is 1.43 Å². The summed E-state index contributed by atoms with van der Waals surface area (Å²) in [6.07, 6.45) is 7.37. The first-order chi connectivity index (χ1) is 6.22. The maximum atomic E-state index is 3.58. The minimum absolute atomic E-state index is 0. The molecule has 1 saturated carbocycles. The summed E-state index contributed by atoms with van der Waals surface area (Å²) in [5.74, 6) is 1.92. The quantitative estimate of drug-likeness (QED) is 0.659. The molecule has 1 spiro atoms. The van der Waals surface area contributed by atoms with Crippen molar-refractivity contribution in [2.24, 2.45) is 17.3 Å². The van der Waals surface area contributed by atoms with Crippen molar-refractivity contribution in [2.75, 3.05) is 13.1 Å². The highest BCUT2D eigenvalue weighted by Gasteiger charge is 2.40. The Balaban J connectivity index is 0.000000980. The number of rotatable bonds is 1. The van der Waals surface area contributed by atoms with Gasteiger partial charge in [-0.05, 0) is 55.9 Å². The first-order valence-electron chi connectivity index (χ1n) is 5.93. The molecule has 0 radical (unpaired) electrons. The van der Waals surface area contributed by atoms with Crippen molar-refractivity contribution in [3.63, 3.8) is 0 Å². The Bertz CT molecular complexity index is 173. The van der Waals surface area contributed by atoms with Gasteiger partial charge >= 0.3 is 0 Å². The molecule has 1 aliphatic carbocycles. The largest absolute Gasteiger partial charge is 0.316 e. The molecule has 1 heterocycles. The van der Waals surface area contributed by atoms with E-state index >= 15 is 0 Å². The molecule has 2 unspecified atom stereocenters. The summed E-state index contributed by atoms with van der Waals surface area (Å²) in [6, 6.07) is 0. The van der Waals surface area contributed by atoms with E-state index in [1.807, 2.05) is 0 Å². The maximum absolute atomic E-state index is 3.58. The monoisotopic (exact) mass is 183 g/mol. The molecule has 1 nitrogen and oxygen atoms in total. The molecule has 0 aromatic carbocycles. The maximum Gasteiger partial charge on any atom is 0.000792 e. The third-order valence-corrected chi connectivity index (χ3v) is 4.24. The van der Waals surface area contributed by atoms with Gasteiger partial charge in [0.2, 0.25) is 0 Å². The molecule has 2 aliphatic rings. The summed E-state index contributed by atoms with van der Waals surface area (Å²) in [5.41, 5.74) is 0.715. The van der Waals surface area contributed by atoms with Crippen molar-refractivity contribution in [3.05, 3.63) is 0 Å². The Morgan fingerprint density at radius 2 is 2.23 bits per heavy atom. The Hall–Kier alpha value is -0.0400. The van der Waals surface area contributed by atoms with Crippen LogP contribution in [0.3, 0.4) is 0 Å². The van der Waals surface area contributed by atoms with Crippen LogP contribution in [-0.4, -0.2) is 13.1 Å². The summed E-state index contributed by atoms with van der Waals surface area (Å²) in [5, 5.41) is 3.58. The molecule has 0 bridgehead atoms. The molecule has 2 rings (SSSR count). The normalized spacial score (nSPS) is 40.4. The van der Waals surface area contributed by atoms with E-state index in [0.717, 1.165) is 11.8 Å².